The lowest BCUT2D eigenvalue weighted by atomic mass is 10.0. The Morgan fingerprint density at radius 2 is 1.69 bits per heavy atom. The number of hydrogen-bond donors (Lipinski definition) is 0. The minimum atomic E-state index is -0.555. The molecule has 3 aromatic rings. The summed E-state index contributed by atoms with van der Waals surface area (Å²) in [6.07, 6.45) is 1.75. The van der Waals surface area contributed by atoms with Gasteiger partial charge < -0.3 is 9.30 Å². The van der Waals surface area contributed by atoms with Crippen molar-refractivity contribution in [1.29, 1.82) is 0 Å². The fourth-order valence-electron chi connectivity index (χ4n) is 4.62. The molecule has 0 unspecified atom stereocenters. The molecule has 1 aliphatic rings. The Hall–Kier alpha value is -3.28. The first-order valence-electron chi connectivity index (χ1n) is 11.7. The van der Waals surface area contributed by atoms with Crippen LogP contribution in [-0.4, -0.2) is 23.6 Å². The summed E-state index contributed by atoms with van der Waals surface area (Å²) in [5.41, 5.74) is 6.24. The summed E-state index contributed by atoms with van der Waals surface area (Å²) in [5, 5.41) is 0.900. The van der Waals surface area contributed by atoms with Crippen LogP contribution in [0.5, 0.6) is 0 Å². The largest absolute Gasteiger partial charge is 0.465 e. The third-order valence-corrected chi connectivity index (χ3v) is 7.36. The monoisotopic (exact) mass is 522 g/mol. The number of aromatic nitrogens is 1. The standard InChI is InChI=1S/C29H28Cl2N2O3/c1-16(2)20-10-12-22(13-11-20)33-19(5)26(29(35)36-6)23(28(33)34)15-21-14-17(3)32(18(21)4)25-9-7-8-24(30)27(25)31/h7-16H,1-6H3/b23-15+. The number of benzene rings is 2. The molecule has 0 N–H and O–H groups in total. The predicted octanol–water partition coefficient (Wildman–Crippen LogP) is 7.40. The fraction of sp³-hybridized carbons (Fsp3) is 0.241. The summed E-state index contributed by atoms with van der Waals surface area (Å²) in [6, 6.07) is 15.2. The number of allylic oxidation sites excluding steroid dienone is 1. The van der Waals surface area contributed by atoms with Gasteiger partial charge in [0, 0.05) is 22.8 Å². The number of methoxy groups -OCH3 is 1. The van der Waals surface area contributed by atoms with Crippen molar-refractivity contribution in [3.8, 4) is 5.69 Å². The second kappa shape index (κ2) is 10.00. The molecule has 5 nitrogen and oxygen atoms in total. The van der Waals surface area contributed by atoms with E-state index in [9.17, 15) is 9.59 Å². The average Bonchev–Trinajstić information content (AvgIpc) is 3.26. The summed E-state index contributed by atoms with van der Waals surface area (Å²) in [6.45, 7) is 9.88. The van der Waals surface area contributed by atoms with E-state index in [0.717, 1.165) is 22.6 Å². The Balaban J connectivity index is 1.84. The summed E-state index contributed by atoms with van der Waals surface area (Å²) in [4.78, 5) is 28.1. The highest BCUT2D eigenvalue weighted by atomic mass is 35.5. The Bertz CT molecular complexity index is 1430. The summed E-state index contributed by atoms with van der Waals surface area (Å²) in [7, 11) is 1.32. The van der Waals surface area contributed by atoms with Gasteiger partial charge >= 0.3 is 5.97 Å². The lowest BCUT2D eigenvalue weighted by molar-refractivity contribution is -0.136. The molecular weight excluding hydrogens is 495 g/mol. The van der Waals surface area contributed by atoms with E-state index in [2.05, 4.69) is 13.8 Å². The zero-order valence-electron chi connectivity index (χ0n) is 21.1. The van der Waals surface area contributed by atoms with E-state index in [1.165, 1.54) is 12.7 Å². The van der Waals surface area contributed by atoms with Gasteiger partial charge in [-0.05, 0) is 74.2 Å². The third-order valence-electron chi connectivity index (χ3n) is 6.55. The quantitative estimate of drug-likeness (QED) is 0.259. The van der Waals surface area contributed by atoms with E-state index in [1.807, 2.05) is 60.9 Å². The molecule has 0 bridgehead atoms. The van der Waals surface area contributed by atoms with Crippen LogP contribution in [0.15, 0.2) is 65.4 Å². The Morgan fingerprint density at radius 1 is 1.03 bits per heavy atom. The van der Waals surface area contributed by atoms with Crippen molar-refractivity contribution in [2.45, 2.75) is 40.5 Å². The van der Waals surface area contributed by atoms with E-state index >= 15 is 0 Å². The zero-order valence-corrected chi connectivity index (χ0v) is 22.7. The van der Waals surface area contributed by atoms with Gasteiger partial charge in [0.1, 0.15) is 0 Å². The van der Waals surface area contributed by atoms with Crippen LogP contribution < -0.4 is 4.90 Å². The lowest BCUT2D eigenvalue weighted by Gasteiger charge is -2.19. The van der Waals surface area contributed by atoms with E-state index in [4.69, 9.17) is 27.9 Å². The topological polar surface area (TPSA) is 51.5 Å². The molecular formula is C29H28Cl2N2O3. The van der Waals surface area contributed by atoms with Crippen LogP contribution in [0.3, 0.4) is 0 Å². The molecule has 0 saturated heterocycles. The van der Waals surface area contributed by atoms with Crippen molar-refractivity contribution >= 4 is 46.8 Å². The van der Waals surface area contributed by atoms with Gasteiger partial charge in [0.05, 0.1) is 34.0 Å². The molecule has 0 saturated carbocycles. The number of esters is 1. The molecule has 186 valence electrons. The van der Waals surface area contributed by atoms with Crippen molar-refractivity contribution in [2.24, 2.45) is 0 Å². The van der Waals surface area contributed by atoms with Crippen LogP contribution in [0.4, 0.5) is 5.69 Å². The maximum absolute atomic E-state index is 13.7. The van der Waals surface area contributed by atoms with Crippen LogP contribution in [-0.2, 0) is 14.3 Å². The molecule has 0 spiro atoms. The van der Waals surface area contributed by atoms with Crippen LogP contribution in [0.1, 0.15) is 49.2 Å². The minimum absolute atomic E-state index is 0.251. The number of aryl methyl sites for hydroxylation is 1. The Morgan fingerprint density at radius 3 is 2.31 bits per heavy atom. The van der Waals surface area contributed by atoms with E-state index in [1.54, 1.807) is 24.0 Å². The number of anilines is 1. The number of carbonyl (C=O) groups is 2. The van der Waals surface area contributed by atoms with Gasteiger partial charge in [0.2, 0.25) is 0 Å². The molecule has 1 aromatic heterocycles. The predicted molar refractivity (Wildman–Crippen MR) is 146 cm³/mol. The number of hydrogen-bond acceptors (Lipinski definition) is 3. The van der Waals surface area contributed by atoms with Gasteiger partial charge in [-0.15, -0.1) is 0 Å². The molecule has 2 heterocycles. The van der Waals surface area contributed by atoms with Crippen molar-refractivity contribution in [3.63, 3.8) is 0 Å². The Kier molecular flexibility index (Phi) is 7.17. The fourth-order valence-corrected chi connectivity index (χ4v) is 5.00. The van der Waals surface area contributed by atoms with E-state index in [0.29, 0.717) is 27.3 Å². The Labute approximate surface area is 221 Å². The first-order chi connectivity index (χ1) is 17.1. The second-order valence-electron chi connectivity index (χ2n) is 9.13. The van der Waals surface area contributed by atoms with Gasteiger partial charge in [-0.2, -0.15) is 0 Å². The van der Waals surface area contributed by atoms with E-state index < -0.39 is 5.97 Å². The maximum atomic E-state index is 13.7. The number of rotatable bonds is 5. The molecule has 7 heteroatoms. The highest BCUT2D eigenvalue weighted by Crippen LogP contribution is 2.37. The van der Waals surface area contributed by atoms with Crippen molar-refractivity contribution < 1.29 is 14.3 Å². The molecule has 2 aromatic carbocycles. The highest BCUT2D eigenvalue weighted by Gasteiger charge is 2.38. The second-order valence-corrected chi connectivity index (χ2v) is 9.92. The molecule has 0 radical (unpaired) electrons. The molecule has 4 rings (SSSR count). The zero-order chi connectivity index (χ0) is 26.3. The van der Waals surface area contributed by atoms with Gasteiger partial charge in [-0.25, -0.2) is 4.79 Å². The summed E-state index contributed by atoms with van der Waals surface area (Å²) in [5.74, 6) is -0.467. The summed E-state index contributed by atoms with van der Waals surface area (Å²) < 4.78 is 7.04. The van der Waals surface area contributed by atoms with Crippen LogP contribution >= 0.6 is 23.2 Å². The molecule has 0 atom stereocenters. The number of nitrogens with zero attached hydrogens (tertiary/aromatic N) is 2. The van der Waals surface area contributed by atoms with E-state index in [-0.39, 0.29) is 17.1 Å². The number of halogens is 2. The molecule has 1 aliphatic heterocycles. The SMILES string of the molecule is COC(=O)C1=C(C)N(c2ccc(C(C)C)cc2)C(=O)/C1=C/c1cc(C)n(-c2cccc(Cl)c2Cl)c1C. The number of amides is 1. The molecule has 0 aliphatic carbocycles. The van der Waals surface area contributed by atoms with Crippen molar-refractivity contribution in [2.75, 3.05) is 12.0 Å². The van der Waals surface area contributed by atoms with Gasteiger partial charge in [0.25, 0.3) is 5.91 Å². The van der Waals surface area contributed by atoms with Crippen molar-refractivity contribution in [3.05, 3.63) is 97.9 Å². The van der Waals surface area contributed by atoms with Crippen LogP contribution in [0.25, 0.3) is 11.8 Å². The van der Waals surface area contributed by atoms with Gasteiger partial charge in [-0.1, -0.05) is 55.2 Å². The minimum Gasteiger partial charge on any atom is -0.465 e. The van der Waals surface area contributed by atoms with Crippen LogP contribution in [0.2, 0.25) is 10.0 Å². The first-order valence-corrected chi connectivity index (χ1v) is 12.4. The van der Waals surface area contributed by atoms with Crippen molar-refractivity contribution in [1.82, 2.24) is 4.57 Å². The lowest BCUT2D eigenvalue weighted by Crippen LogP contribution is -2.24. The van der Waals surface area contributed by atoms with Gasteiger partial charge in [-0.3, -0.25) is 9.69 Å². The average molecular weight is 523 g/mol. The number of carbonyl (C=O) groups excluding carboxylic acids is 2. The maximum Gasteiger partial charge on any atom is 0.340 e. The van der Waals surface area contributed by atoms with Crippen LogP contribution in [0, 0.1) is 13.8 Å². The molecule has 1 amide bonds. The molecule has 36 heavy (non-hydrogen) atoms. The smallest absolute Gasteiger partial charge is 0.340 e. The number of ether oxygens (including phenoxy) is 1. The summed E-state index contributed by atoms with van der Waals surface area (Å²) >= 11 is 12.8. The van der Waals surface area contributed by atoms with Gasteiger partial charge in [0.15, 0.2) is 0 Å². The normalized spacial score (nSPS) is 15.0. The highest BCUT2D eigenvalue weighted by molar-refractivity contribution is 6.43. The third kappa shape index (κ3) is 4.38. The first kappa shape index (κ1) is 25.8. The molecule has 0 fully saturated rings.